The van der Waals surface area contributed by atoms with E-state index in [4.69, 9.17) is 0 Å². The van der Waals surface area contributed by atoms with Gasteiger partial charge < -0.3 is 4.74 Å². The fraction of sp³-hybridized carbons (Fsp3) is 0.375. The molecule has 1 aromatic heterocycles. The molecule has 5 nitrogen and oxygen atoms in total. The second-order valence-electron chi connectivity index (χ2n) is 3.23. The Morgan fingerprint density at radius 1 is 1.26 bits per heavy atom. The van der Waals surface area contributed by atoms with Crippen LogP contribution in [0.15, 0.2) is 6.20 Å². The van der Waals surface area contributed by atoms with Crippen molar-refractivity contribution in [2.75, 3.05) is 0 Å². The molecule has 0 unspecified atom stereocenters. The van der Waals surface area contributed by atoms with E-state index < -0.39 is 40.2 Å². The molecule has 1 rings (SSSR count). The summed E-state index contributed by atoms with van der Waals surface area (Å²) < 4.78 is 76.9. The van der Waals surface area contributed by atoms with Crippen molar-refractivity contribution in [3.05, 3.63) is 27.6 Å². The van der Waals surface area contributed by atoms with Crippen molar-refractivity contribution >= 4 is 5.69 Å². The largest absolute Gasteiger partial charge is 0.573 e. The zero-order valence-corrected chi connectivity index (χ0v) is 8.96. The van der Waals surface area contributed by atoms with Gasteiger partial charge in [-0.05, 0) is 6.92 Å². The van der Waals surface area contributed by atoms with Crippen LogP contribution in [-0.4, -0.2) is 16.3 Å². The molecule has 1 aromatic rings. The predicted molar refractivity (Wildman–Crippen MR) is 47.3 cm³/mol. The molecule has 11 heteroatoms. The molecule has 106 valence electrons. The number of ether oxygens (including phenoxy) is 1. The van der Waals surface area contributed by atoms with Crippen LogP contribution in [0.4, 0.5) is 32.0 Å². The summed E-state index contributed by atoms with van der Waals surface area (Å²) in [6.45, 7) is 0.866. The van der Waals surface area contributed by atoms with Crippen molar-refractivity contribution in [3.63, 3.8) is 0 Å². The molecule has 0 fully saturated rings. The summed E-state index contributed by atoms with van der Waals surface area (Å²) in [4.78, 5) is 12.2. The van der Waals surface area contributed by atoms with E-state index in [1.165, 1.54) is 0 Å². The zero-order chi connectivity index (χ0) is 15.0. The molecule has 0 saturated carbocycles. The van der Waals surface area contributed by atoms with Gasteiger partial charge in [-0.15, -0.1) is 13.2 Å². The second kappa shape index (κ2) is 4.55. The van der Waals surface area contributed by atoms with Crippen LogP contribution in [0.2, 0.25) is 0 Å². The molecule has 0 radical (unpaired) electrons. The first-order valence-corrected chi connectivity index (χ1v) is 4.40. The molecule has 0 spiro atoms. The number of alkyl halides is 6. The van der Waals surface area contributed by atoms with E-state index in [0.717, 1.165) is 6.92 Å². The van der Waals surface area contributed by atoms with E-state index >= 15 is 0 Å². The number of hydrogen-bond donors (Lipinski definition) is 0. The van der Waals surface area contributed by atoms with E-state index in [0.29, 0.717) is 0 Å². The number of halogens is 6. The van der Waals surface area contributed by atoms with E-state index in [1.54, 1.807) is 0 Å². The Labute approximate surface area is 101 Å². The average Bonchev–Trinajstić information content (AvgIpc) is 2.15. The van der Waals surface area contributed by atoms with Crippen LogP contribution < -0.4 is 4.74 Å². The smallest absolute Gasteiger partial charge is 0.403 e. The van der Waals surface area contributed by atoms with Gasteiger partial charge in [0.1, 0.15) is 5.69 Å². The van der Waals surface area contributed by atoms with Crippen LogP contribution in [-0.2, 0) is 6.18 Å². The minimum absolute atomic E-state index is 0.138. The summed E-state index contributed by atoms with van der Waals surface area (Å²) in [7, 11) is 0. The number of rotatable bonds is 2. The Bertz CT molecular complexity index is 510. The summed E-state index contributed by atoms with van der Waals surface area (Å²) in [5.74, 6) is -1.77. The second-order valence-corrected chi connectivity index (χ2v) is 3.23. The van der Waals surface area contributed by atoms with E-state index in [1.807, 2.05) is 0 Å². The van der Waals surface area contributed by atoms with Gasteiger partial charge in [-0.2, -0.15) is 13.2 Å². The highest BCUT2D eigenvalue weighted by molar-refractivity contribution is 5.52. The maximum atomic E-state index is 12.6. The van der Waals surface area contributed by atoms with Crippen molar-refractivity contribution < 1.29 is 36.0 Å². The Hall–Kier alpha value is -2.07. The standard InChI is InChI=1S/C8H4F6N2O3/c1-3-6(16(17)18)5(7(9,10)11)4(2-15-3)19-8(12,13)14/h2H,1H3. The number of aromatic nitrogens is 1. The third-order valence-corrected chi connectivity index (χ3v) is 1.89. The van der Waals surface area contributed by atoms with Crippen LogP contribution in [0.5, 0.6) is 5.75 Å². The van der Waals surface area contributed by atoms with Crippen molar-refractivity contribution in [3.8, 4) is 5.75 Å². The number of hydrogen-bond acceptors (Lipinski definition) is 4. The van der Waals surface area contributed by atoms with Gasteiger partial charge in [0.15, 0.2) is 11.3 Å². The van der Waals surface area contributed by atoms with E-state index in [9.17, 15) is 36.5 Å². The van der Waals surface area contributed by atoms with Gasteiger partial charge in [0.05, 0.1) is 11.1 Å². The summed E-state index contributed by atoms with van der Waals surface area (Å²) in [5, 5.41) is 10.5. The minimum atomic E-state index is -5.43. The van der Waals surface area contributed by atoms with Gasteiger partial charge in [-0.3, -0.25) is 15.1 Å². The normalized spacial score (nSPS) is 12.4. The molecule has 0 aliphatic carbocycles. The molecule has 0 bridgehead atoms. The topological polar surface area (TPSA) is 65.3 Å². The quantitative estimate of drug-likeness (QED) is 0.476. The first-order chi connectivity index (χ1) is 8.43. The van der Waals surface area contributed by atoms with Crippen LogP contribution in [0.25, 0.3) is 0 Å². The highest BCUT2D eigenvalue weighted by Crippen LogP contribution is 2.44. The lowest BCUT2D eigenvalue weighted by Gasteiger charge is -2.15. The van der Waals surface area contributed by atoms with E-state index in [2.05, 4.69) is 9.72 Å². The molecule has 19 heavy (non-hydrogen) atoms. The van der Waals surface area contributed by atoms with Crippen LogP contribution >= 0.6 is 0 Å². The first-order valence-electron chi connectivity index (χ1n) is 4.40. The van der Waals surface area contributed by atoms with Gasteiger partial charge in [0, 0.05) is 0 Å². The molecule has 0 aliphatic heterocycles. The SMILES string of the molecule is Cc1ncc(OC(F)(F)F)c(C(F)(F)F)c1[N+](=O)[O-]. The molecule has 0 aromatic carbocycles. The third kappa shape index (κ3) is 3.45. The van der Waals surface area contributed by atoms with Gasteiger partial charge >= 0.3 is 18.2 Å². The monoisotopic (exact) mass is 290 g/mol. The van der Waals surface area contributed by atoms with Gasteiger partial charge in [-0.1, -0.05) is 0 Å². The fourth-order valence-corrected chi connectivity index (χ4v) is 1.28. The molecule has 0 amide bonds. The minimum Gasteiger partial charge on any atom is -0.403 e. The summed E-state index contributed by atoms with van der Waals surface area (Å²) in [5.41, 5.74) is -4.37. The number of pyridine rings is 1. The molecule has 0 N–H and O–H groups in total. The lowest BCUT2D eigenvalue weighted by atomic mass is 10.1. The summed E-state index contributed by atoms with van der Waals surface area (Å²) >= 11 is 0. The molecular formula is C8H4F6N2O3. The molecule has 0 atom stereocenters. The molecule has 0 aliphatic rings. The maximum absolute atomic E-state index is 12.6. The zero-order valence-electron chi connectivity index (χ0n) is 8.96. The molecular weight excluding hydrogens is 286 g/mol. The Morgan fingerprint density at radius 3 is 2.16 bits per heavy atom. The highest BCUT2D eigenvalue weighted by atomic mass is 19.4. The lowest BCUT2D eigenvalue weighted by Crippen LogP contribution is -2.21. The first kappa shape index (κ1) is 15.0. The molecule has 1 heterocycles. The predicted octanol–water partition coefficient (Wildman–Crippen LogP) is 3.22. The van der Waals surface area contributed by atoms with Gasteiger partial charge in [-0.25, -0.2) is 0 Å². The summed E-state index contributed by atoms with van der Waals surface area (Å²) in [6, 6.07) is 0. The molecule has 0 saturated heterocycles. The van der Waals surface area contributed by atoms with Crippen LogP contribution in [0.3, 0.4) is 0 Å². The Balaban J connectivity index is 3.57. The van der Waals surface area contributed by atoms with Crippen molar-refractivity contribution in [2.24, 2.45) is 0 Å². The fourth-order valence-electron chi connectivity index (χ4n) is 1.28. The number of aryl methyl sites for hydroxylation is 1. The van der Waals surface area contributed by atoms with Gasteiger partial charge in [0.2, 0.25) is 0 Å². The summed E-state index contributed by atoms with van der Waals surface area (Å²) in [6.07, 6.45) is -10.7. The van der Waals surface area contributed by atoms with Crippen molar-refractivity contribution in [1.82, 2.24) is 4.98 Å². The van der Waals surface area contributed by atoms with Crippen molar-refractivity contribution in [1.29, 1.82) is 0 Å². The average molecular weight is 290 g/mol. The van der Waals surface area contributed by atoms with Crippen molar-refractivity contribution in [2.45, 2.75) is 19.5 Å². The number of nitrogens with zero attached hydrogens (tertiary/aromatic N) is 2. The van der Waals surface area contributed by atoms with Crippen LogP contribution in [0, 0.1) is 17.0 Å². The van der Waals surface area contributed by atoms with E-state index in [-0.39, 0.29) is 6.20 Å². The highest BCUT2D eigenvalue weighted by Gasteiger charge is 2.46. The maximum Gasteiger partial charge on any atom is 0.573 e. The number of nitro groups is 1. The Kier molecular flexibility index (Phi) is 3.59. The lowest BCUT2D eigenvalue weighted by molar-refractivity contribution is -0.389. The Morgan fingerprint density at radius 2 is 1.79 bits per heavy atom. The van der Waals surface area contributed by atoms with Crippen LogP contribution in [0.1, 0.15) is 11.3 Å². The third-order valence-electron chi connectivity index (χ3n) is 1.89. The van der Waals surface area contributed by atoms with Gasteiger partial charge in [0.25, 0.3) is 0 Å².